The Hall–Kier alpha value is -1.46. The third kappa shape index (κ3) is 2.68. The summed E-state index contributed by atoms with van der Waals surface area (Å²) in [6.07, 6.45) is 1.10. The van der Waals surface area contributed by atoms with Gasteiger partial charge in [-0.2, -0.15) is 13.2 Å². The van der Waals surface area contributed by atoms with E-state index in [4.69, 9.17) is 0 Å². The molecule has 1 heterocycles. The molecule has 1 aromatic rings. The highest BCUT2D eigenvalue weighted by Gasteiger charge is 2.48. The van der Waals surface area contributed by atoms with Gasteiger partial charge in [0.2, 0.25) is 0 Å². The lowest BCUT2D eigenvalue weighted by Crippen LogP contribution is -2.37. The topological polar surface area (TPSA) is 42.9 Å². The van der Waals surface area contributed by atoms with Gasteiger partial charge in [-0.3, -0.25) is 9.78 Å². The number of carbonyl (C=O) groups excluding carboxylic acids is 1. The van der Waals surface area contributed by atoms with Crippen LogP contribution in [0.4, 0.5) is 13.2 Å². The van der Waals surface area contributed by atoms with Crippen LogP contribution in [0.2, 0.25) is 0 Å². The third-order valence-electron chi connectivity index (χ3n) is 3.34. The van der Waals surface area contributed by atoms with Gasteiger partial charge in [-0.15, -0.1) is 0 Å². The summed E-state index contributed by atoms with van der Waals surface area (Å²) in [5, 5.41) is 0. The van der Waals surface area contributed by atoms with Gasteiger partial charge in [-0.25, -0.2) is 4.98 Å². The number of alkyl halides is 3. The van der Waals surface area contributed by atoms with Crippen LogP contribution in [0.3, 0.4) is 0 Å². The summed E-state index contributed by atoms with van der Waals surface area (Å²) in [7, 11) is 0. The molecule has 1 aliphatic carbocycles. The van der Waals surface area contributed by atoms with E-state index in [0.29, 0.717) is 12.8 Å². The maximum Gasteiger partial charge on any atom is 0.392 e. The van der Waals surface area contributed by atoms with Crippen LogP contribution in [0.1, 0.15) is 36.2 Å². The molecule has 1 aliphatic rings. The van der Waals surface area contributed by atoms with Gasteiger partial charge in [-0.1, -0.05) is 12.8 Å². The average molecular weight is 258 g/mol. The highest BCUT2D eigenvalue weighted by atomic mass is 19.4. The van der Waals surface area contributed by atoms with Crippen molar-refractivity contribution in [2.45, 2.75) is 31.9 Å². The molecule has 2 rings (SSSR count). The zero-order chi connectivity index (χ0) is 13.2. The quantitative estimate of drug-likeness (QED) is 0.766. The molecule has 1 aromatic heterocycles. The van der Waals surface area contributed by atoms with Crippen LogP contribution in [0.25, 0.3) is 0 Å². The van der Waals surface area contributed by atoms with Crippen LogP contribution in [0, 0.1) is 11.8 Å². The molecule has 0 amide bonds. The first kappa shape index (κ1) is 13.0. The number of hydrogen-bond acceptors (Lipinski definition) is 3. The van der Waals surface area contributed by atoms with Crippen LogP contribution in [-0.4, -0.2) is 21.9 Å². The Bertz CT molecular complexity index is 419. The Balaban J connectivity index is 2.22. The van der Waals surface area contributed by atoms with Crippen molar-refractivity contribution in [1.82, 2.24) is 9.97 Å². The summed E-state index contributed by atoms with van der Waals surface area (Å²) < 4.78 is 38.6. The minimum Gasteiger partial charge on any atom is -0.292 e. The molecule has 98 valence electrons. The van der Waals surface area contributed by atoms with Gasteiger partial charge in [0.1, 0.15) is 5.69 Å². The number of aromatic nitrogens is 2. The second-order valence-electron chi connectivity index (χ2n) is 4.49. The SMILES string of the molecule is O=C(c1cnccn1)C1CCCCC1C(F)(F)F. The van der Waals surface area contributed by atoms with E-state index in [0.717, 1.165) is 0 Å². The van der Waals surface area contributed by atoms with Crippen LogP contribution in [0.15, 0.2) is 18.6 Å². The maximum absolute atomic E-state index is 12.9. The summed E-state index contributed by atoms with van der Waals surface area (Å²) in [6, 6.07) is 0. The van der Waals surface area contributed by atoms with Crippen molar-refractivity contribution < 1.29 is 18.0 Å². The van der Waals surface area contributed by atoms with Gasteiger partial charge < -0.3 is 0 Å². The number of nitrogens with zero attached hydrogens (tertiary/aromatic N) is 2. The molecule has 6 heteroatoms. The number of rotatable bonds is 2. The average Bonchev–Trinajstić information content (AvgIpc) is 2.38. The fraction of sp³-hybridized carbons (Fsp3) is 0.583. The first-order chi connectivity index (χ1) is 8.50. The molecule has 0 saturated heterocycles. The van der Waals surface area contributed by atoms with Crippen molar-refractivity contribution in [3.8, 4) is 0 Å². The zero-order valence-electron chi connectivity index (χ0n) is 9.65. The normalized spacial score (nSPS) is 24.8. The van der Waals surface area contributed by atoms with Crippen LogP contribution < -0.4 is 0 Å². The first-order valence-corrected chi connectivity index (χ1v) is 5.87. The van der Waals surface area contributed by atoms with E-state index in [2.05, 4.69) is 9.97 Å². The Morgan fingerprint density at radius 2 is 1.94 bits per heavy atom. The van der Waals surface area contributed by atoms with Gasteiger partial charge in [-0.05, 0) is 12.8 Å². The molecule has 0 radical (unpaired) electrons. The van der Waals surface area contributed by atoms with Crippen LogP contribution in [-0.2, 0) is 0 Å². The largest absolute Gasteiger partial charge is 0.392 e. The molecule has 0 aromatic carbocycles. The fourth-order valence-electron chi connectivity index (χ4n) is 2.45. The molecule has 1 saturated carbocycles. The number of Topliss-reactive ketones (excluding diaryl/α,β-unsaturated/α-hetero) is 1. The minimum atomic E-state index is -4.32. The lowest BCUT2D eigenvalue weighted by molar-refractivity contribution is -0.191. The van der Waals surface area contributed by atoms with E-state index in [1.165, 1.54) is 18.6 Å². The van der Waals surface area contributed by atoms with Crippen molar-refractivity contribution in [3.63, 3.8) is 0 Å². The number of carbonyl (C=O) groups is 1. The Morgan fingerprint density at radius 1 is 1.22 bits per heavy atom. The van der Waals surface area contributed by atoms with Crippen molar-refractivity contribution in [3.05, 3.63) is 24.3 Å². The van der Waals surface area contributed by atoms with Crippen molar-refractivity contribution >= 4 is 5.78 Å². The molecule has 2 atom stereocenters. The van der Waals surface area contributed by atoms with Gasteiger partial charge >= 0.3 is 6.18 Å². The van der Waals surface area contributed by atoms with E-state index in [1.54, 1.807) is 0 Å². The summed E-state index contributed by atoms with van der Waals surface area (Å²) in [5.74, 6) is -3.08. The van der Waals surface area contributed by atoms with Gasteiger partial charge in [0.05, 0.1) is 12.1 Å². The van der Waals surface area contributed by atoms with Crippen LogP contribution in [0.5, 0.6) is 0 Å². The molecule has 0 N–H and O–H groups in total. The lowest BCUT2D eigenvalue weighted by atomic mass is 9.76. The summed E-state index contributed by atoms with van der Waals surface area (Å²) >= 11 is 0. The summed E-state index contributed by atoms with van der Waals surface area (Å²) in [6.45, 7) is 0. The molecule has 2 unspecified atom stereocenters. The maximum atomic E-state index is 12.9. The van der Waals surface area contributed by atoms with Crippen molar-refractivity contribution in [2.75, 3.05) is 0 Å². The van der Waals surface area contributed by atoms with Gasteiger partial charge in [0.15, 0.2) is 5.78 Å². The Labute approximate surface area is 102 Å². The minimum absolute atomic E-state index is 0.0265. The third-order valence-corrected chi connectivity index (χ3v) is 3.34. The summed E-state index contributed by atoms with van der Waals surface area (Å²) in [5.41, 5.74) is 0.0265. The van der Waals surface area contributed by atoms with Crippen molar-refractivity contribution in [1.29, 1.82) is 0 Å². The van der Waals surface area contributed by atoms with E-state index >= 15 is 0 Å². The molecular formula is C12H13F3N2O. The first-order valence-electron chi connectivity index (χ1n) is 5.87. The van der Waals surface area contributed by atoms with E-state index in [9.17, 15) is 18.0 Å². The zero-order valence-corrected chi connectivity index (χ0v) is 9.65. The second-order valence-corrected chi connectivity index (χ2v) is 4.49. The number of hydrogen-bond donors (Lipinski definition) is 0. The molecular weight excluding hydrogens is 245 g/mol. The highest BCUT2D eigenvalue weighted by molar-refractivity contribution is 5.96. The Kier molecular flexibility index (Phi) is 3.63. The van der Waals surface area contributed by atoms with E-state index in [-0.39, 0.29) is 18.5 Å². The molecule has 0 spiro atoms. The molecule has 18 heavy (non-hydrogen) atoms. The molecule has 0 aliphatic heterocycles. The summed E-state index contributed by atoms with van der Waals surface area (Å²) in [4.78, 5) is 19.6. The highest BCUT2D eigenvalue weighted by Crippen LogP contribution is 2.42. The molecule has 3 nitrogen and oxygen atoms in total. The number of ketones is 1. The van der Waals surface area contributed by atoms with Gasteiger partial charge in [0, 0.05) is 18.3 Å². The Morgan fingerprint density at radius 3 is 2.56 bits per heavy atom. The predicted molar refractivity (Wildman–Crippen MR) is 57.9 cm³/mol. The van der Waals surface area contributed by atoms with E-state index < -0.39 is 23.8 Å². The van der Waals surface area contributed by atoms with Gasteiger partial charge in [0.25, 0.3) is 0 Å². The van der Waals surface area contributed by atoms with Crippen LogP contribution >= 0.6 is 0 Å². The smallest absolute Gasteiger partial charge is 0.292 e. The second kappa shape index (κ2) is 5.04. The fourth-order valence-corrected chi connectivity index (χ4v) is 2.45. The lowest BCUT2D eigenvalue weighted by Gasteiger charge is -2.31. The monoisotopic (exact) mass is 258 g/mol. The molecule has 1 fully saturated rings. The predicted octanol–water partition coefficient (Wildman–Crippen LogP) is 3.03. The number of halogens is 3. The van der Waals surface area contributed by atoms with Crippen molar-refractivity contribution in [2.24, 2.45) is 11.8 Å². The standard InChI is InChI=1S/C12H13F3N2O/c13-12(14,15)9-4-2-1-3-8(9)11(18)10-7-16-5-6-17-10/h5-9H,1-4H2. The molecule has 0 bridgehead atoms. The van der Waals surface area contributed by atoms with E-state index in [1.807, 2.05) is 0 Å².